The summed E-state index contributed by atoms with van der Waals surface area (Å²) in [7, 11) is 1.40. The lowest BCUT2D eigenvalue weighted by Crippen LogP contribution is -2.20. The lowest BCUT2D eigenvalue weighted by atomic mass is 10.1. The fourth-order valence-corrected chi connectivity index (χ4v) is 2.84. The second-order valence-corrected chi connectivity index (χ2v) is 6.96. The summed E-state index contributed by atoms with van der Waals surface area (Å²) in [6.45, 7) is 4.75. The molecule has 2 aromatic carbocycles. The van der Waals surface area contributed by atoms with E-state index in [-0.39, 0.29) is 28.7 Å². The Hall–Kier alpha value is -3.13. The maximum atomic E-state index is 12.8. The fraction of sp³-hybridized carbons (Fsp3) is 0.364. The van der Waals surface area contributed by atoms with Crippen molar-refractivity contribution in [2.75, 3.05) is 32.2 Å². The smallest absolute Gasteiger partial charge is 0.255 e. The van der Waals surface area contributed by atoms with Gasteiger partial charge in [0.25, 0.3) is 11.8 Å². The van der Waals surface area contributed by atoms with Gasteiger partial charge in [-0.3, -0.25) is 9.59 Å². The number of benzene rings is 2. The van der Waals surface area contributed by atoms with Crippen LogP contribution in [0.3, 0.4) is 0 Å². The highest BCUT2D eigenvalue weighted by Crippen LogP contribution is 2.37. The van der Waals surface area contributed by atoms with E-state index in [0.29, 0.717) is 30.4 Å². The molecule has 8 nitrogen and oxygen atoms in total. The Morgan fingerprint density at radius 3 is 2.26 bits per heavy atom. The van der Waals surface area contributed by atoms with E-state index in [4.69, 9.17) is 36.3 Å². The number of ether oxygens (including phenoxy) is 4. The van der Waals surface area contributed by atoms with Crippen molar-refractivity contribution in [1.82, 2.24) is 0 Å². The molecule has 2 aromatic rings. The maximum Gasteiger partial charge on any atom is 0.255 e. The van der Waals surface area contributed by atoms with Crippen molar-refractivity contribution < 1.29 is 28.5 Å². The first kappa shape index (κ1) is 24.1. The topological polar surface area (TPSA) is 109 Å². The van der Waals surface area contributed by atoms with Crippen LogP contribution in [0.1, 0.15) is 37.0 Å². The van der Waals surface area contributed by atoms with Gasteiger partial charge in [0, 0.05) is 17.3 Å². The molecule has 3 N–H and O–H groups in total. The average Bonchev–Trinajstić information content (AvgIpc) is 2.75. The third-order valence-electron chi connectivity index (χ3n) is 3.98. The molecule has 0 unspecified atom stereocenters. The van der Waals surface area contributed by atoms with Gasteiger partial charge in [0.2, 0.25) is 0 Å². The molecule has 0 aliphatic heterocycles. The van der Waals surface area contributed by atoms with Crippen LogP contribution < -0.4 is 30.0 Å². The van der Waals surface area contributed by atoms with E-state index < -0.39 is 11.8 Å². The number of primary amides is 1. The van der Waals surface area contributed by atoms with Gasteiger partial charge in [-0.05, 0) is 37.1 Å². The number of carbonyl (C=O) groups is 2. The molecule has 0 heterocycles. The molecule has 0 aromatic heterocycles. The highest BCUT2D eigenvalue weighted by Gasteiger charge is 2.17. The van der Waals surface area contributed by atoms with Gasteiger partial charge < -0.3 is 30.0 Å². The first-order valence-corrected chi connectivity index (χ1v) is 10.3. The van der Waals surface area contributed by atoms with Crippen molar-refractivity contribution in [1.29, 1.82) is 0 Å². The van der Waals surface area contributed by atoms with Crippen molar-refractivity contribution in [3.63, 3.8) is 0 Å². The number of methoxy groups -OCH3 is 1. The number of nitrogens with two attached hydrogens (primary N) is 1. The van der Waals surface area contributed by atoms with Crippen LogP contribution in [0.5, 0.6) is 23.0 Å². The van der Waals surface area contributed by atoms with Gasteiger partial charge in [-0.2, -0.15) is 0 Å². The number of halogens is 1. The molecule has 168 valence electrons. The normalized spacial score (nSPS) is 10.3. The summed E-state index contributed by atoms with van der Waals surface area (Å²) >= 11 is 6.22. The minimum Gasteiger partial charge on any atom is -0.493 e. The largest absolute Gasteiger partial charge is 0.493 e. The molecule has 2 amide bonds. The molecule has 0 saturated carbocycles. The first-order valence-electron chi connectivity index (χ1n) is 9.89. The Balaban J connectivity index is 2.23. The summed E-state index contributed by atoms with van der Waals surface area (Å²) in [5.41, 5.74) is 5.87. The molecule has 0 aliphatic carbocycles. The van der Waals surface area contributed by atoms with Crippen LogP contribution in [0, 0.1) is 0 Å². The molecule has 0 fully saturated rings. The Morgan fingerprint density at radius 1 is 0.968 bits per heavy atom. The molecule has 2 rings (SSSR count). The summed E-state index contributed by atoms with van der Waals surface area (Å²) in [5, 5.41) is 2.92. The summed E-state index contributed by atoms with van der Waals surface area (Å²) in [5.74, 6) is 0.437. The number of hydrogen-bond acceptors (Lipinski definition) is 6. The van der Waals surface area contributed by atoms with Gasteiger partial charge in [0.15, 0.2) is 29.6 Å². The third kappa shape index (κ3) is 6.96. The minimum absolute atomic E-state index is 0.112. The monoisotopic (exact) mass is 450 g/mol. The fourth-order valence-electron chi connectivity index (χ4n) is 2.58. The summed E-state index contributed by atoms with van der Waals surface area (Å²) in [6, 6.07) is 8.07. The molecule has 0 atom stereocenters. The molecule has 0 aliphatic rings. The number of nitrogens with one attached hydrogen (secondary N) is 1. The number of hydrogen-bond donors (Lipinski definition) is 2. The Kier molecular flexibility index (Phi) is 9.27. The zero-order chi connectivity index (χ0) is 22.8. The second kappa shape index (κ2) is 11.9. The van der Waals surface area contributed by atoms with Crippen LogP contribution in [0.25, 0.3) is 0 Å². The van der Waals surface area contributed by atoms with Gasteiger partial charge in [-0.15, -0.1) is 0 Å². The predicted octanol–water partition coefficient (Wildman–Crippen LogP) is 4.04. The predicted molar refractivity (Wildman–Crippen MR) is 119 cm³/mol. The van der Waals surface area contributed by atoms with Crippen LogP contribution >= 0.6 is 11.6 Å². The van der Waals surface area contributed by atoms with E-state index in [1.54, 1.807) is 18.2 Å². The number of amides is 2. The van der Waals surface area contributed by atoms with Crippen LogP contribution in [-0.2, 0) is 4.79 Å². The van der Waals surface area contributed by atoms with Crippen molar-refractivity contribution in [2.45, 2.75) is 26.7 Å². The van der Waals surface area contributed by atoms with Gasteiger partial charge in [-0.1, -0.05) is 25.4 Å². The number of rotatable bonds is 12. The second-order valence-electron chi connectivity index (χ2n) is 6.56. The number of anilines is 1. The van der Waals surface area contributed by atoms with E-state index in [0.717, 1.165) is 12.8 Å². The standard InChI is InChI=1S/C22H27ClN2O6/c1-4-8-29-17-7-6-15(12-18(17)30-9-5-2)25-22(27)14-10-16(23)21(19(11-14)28-3)31-13-20(24)26/h6-7,10-12H,4-5,8-9,13H2,1-3H3,(H2,24,26)(H,25,27). The molecule has 0 bridgehead atoms. The third-order valence-corrected chi connectivity index (χ3v) is 4.26. The van der Waals surface area contributed by atoms with Crippen LogP contribution in [0.4, 0.5) is 5.69 Å². The van der Waals surface area contributed by atoms with Crippen molar-refractivity contribution >= 4 is 29.1 Å². The van der Waals surface area contributed by atoms with E-state index in [2.05, 4.69) is 5.32 Å². The lowest BCUT2D eigenvalue weighted by Gasteiger charge is -2.15. The van der Waals surface area contributed by atoms with Crippen LogP contribution in [-0.4, -0.2) is 38.7 Å². The average molecular weight is 451 g/mol. The molecular weight excluding hydrogens is 424 g/mol. The zero-order valence-electron chi connectivity index (χ0n) is 17.8. The molecule has 31 heavy (non-hydrogen) atoms. The van der Waals surface area contributed by atoms with E-state index >= 15 is 0 Å². The zero-order valence-corrected chi connectivity index (χ0v) is 18.6. The summed E-state index contributed by atoms with van der Waals surface area (Å²) < 4.78 is 22.0. The SMILES string of the molecule is CCCOc1ccc(NC(=O)c2cc(Cl)c(OCC(N)=O)c(OC)c2)cc1OCCC. The van der Waals surface area contributed by atoms with Gasteiger partial charge in [-0.25, -0.2) is 0 Å². The summed E-state index contributed by atoms with van der Waals surface area (Å²) in [4.78, 5) is 23.7. The molecular formula is C22H27ClN2O6. The van der Waals surface area contributed by atoms with Gasteiger partial charge >= 0.3 is 0 Å². The quantitative estimate of drug-likeness (QED) is 0.505. The number of carbonyl (C=O) groups excluding carboxylic acids is 2. The van der Waals surface area contributed by atoms with E-state index in [1.807, 2.05) is 13.8 Å². The van der Waals surface area contributed by atoms with Crippen molar-refractivity contribution in [2.24, 2.45) is 5.73 Å². The Bertz CT molecular complexity index is 919. The first-order chi connectivity index (χ1) is 14.9. The maximum absolute atomic E-state index is 12.8. The van der Waals surface area contributed by atoms with Crippen molar-refractivity contribution in [3.05, 3.63) is 40.9 Å². The molecule has 0 radical (unpaired) electrons. The summed E-state index contributed by atoms with van der Waals surface area (Å²) in [6.07, 6.45) is 1.71. The minimum atomic E-state index is -0.660. The lowest BCUT2D eigenvalue weighted by molar-refractivity contribution is -0.119. The Morgan fingerprint density at radius 2 is 1.65 bits per heavy atom. The van der Waals surface area contributed by atoms with Gasteiger partial charge in [0.1, 0.15) is 0 Å². The molecule has 0 spiro atoms. The van der Waals surface area contributed by atoms with E-state index in [1.165, 1.54) is 19.2 Å². The van der Waals surface area contributed by atoms with Crippen LogP contribution in [0.15, 0.2) is 30.3 Å². The Labute approximate surface area is 186 Å². The van der Waals surface area contributed by atoms with Gasteiger partial charge in [0.05, 0.1) is 25.3 Å². The highest BCUT2D eigenvalue weighted by molar-refractivity contribution is 6.32. The van der Waals surface area contributed by atoms with E-state index in [9.17, 15) is 9.59 Å². The molecule has 9 heteroatoms. The highest BCUT2D eigenvalue weighted by atomic mass is 35.5. The van der Waals surface area contributed by atoms with Crippen LogP contribution in [0.2, 0.25) is 5.02 Å². The molecule has 0 saturated heterocycles. The van der Waals surface area contributed by atoms with Crippen molar-refractivity contribution in [3.8, 4) is 23.0 Å².